The smallest absolute Gasteiger partial charge is 0.295 e. The number of benzene rings is 3. The molecule has 0 saturated carbocycles. The fourth-order valence-corrected chi connectivity index (χ4v) is 4.15. The Kier molecular flexibility index (Phi) is 5.87. The highest BCUT2D eigenvalue weighted by molar-refractivity contribution is 7.86. The molecule has 11 nitrogen and oxygen atoms in total. The fourth-order valence-electron chi connectivity index (χ4n) is 2.80. The van der Waals surface area contributed by atoms with Gasteiger partial charge in [-0.25, -0.2) is 0 Å². The van der Waals surface area contributed by atoms with E-state index in [1.165, 1.54) is 44.6 Å². The van der Waals surface area contributed by atoms with Gasteiger partial charge in [-0.3, -0.25) is 9.11 Å². The molecule has 3 aromatic rings. The lowest BCUT2D eigenvalue weighted by Gasteiger charge is -2.09. The van der Waals surface area contributed by atoms with Crippen molar-refractivity contribution in [2.24, 2.45) is 10.2 Å². The molecule has 0 aliphatic rings. The van der Waals surface area contributed by atoms with E-state index in [2.05, 4.69) is 10.2 Å². The van der Waals surface area contributed by atoms with Crippen molar-refractivity contribution in [3.8, 4) is 11.5 Å². The molecule has 31 heavy (non-hydrogen) atoms. The van der Waals surface area contributed by atoms with Crippen molar-refractivity contribution in [2.75, 3.05) is 20.0 Å². The summed E-state index contributed by atoms with van der Waals surface area (Å²) >= 11 is 0. The minimum Gasteiger partial charge on any atom is -0.495 e. The highest BCUT2D eigenvalue weighted by Gasteiger charge is 2.20. The molecule has 13 heteroatoms. The number of methoxy groups -OCH3 is 2. The SMILES string of the molecule is COc1cc(N=Nc2ccc3cc(S(=O)(=O)O)cc(S(=O)(=O)O)c3c2)c(OC)cc1N. The third-order valence-corrected chi connectivity index (χ3v) is 5.98. The van der Waals surface area contributed by atoms with Gasteiger partial charge in [-0.15, -0.1) is 5.11 Å². The van der Waals surface area contributed by atoms with Crippen LogP contribution in [0.25, 0.3) is 10.8 Å². The van der Waals surface area contributed by atoms with E-state index < -0.39 is 30.0 Å². The van der Waals surface area contributed by atoms with Gasteiger partial charge < -0.3 is 15.2 Å². The van der Waals surface area contributed by atoms with Gasteiger partial charge in [0.25, 0.3) is 20.2 Å². The van der Waals surface area contributed by atoms with Gasteiger partial charge in [-0.1, -0.05) is 6.07 Å². The summed E-state index contributed by atoms with van der Waals surface area (Å²) in [5, 5.41) is 8.22. The first kappa shape index (κ1) is 22.4. The first-order valence-corrected chi connectivity index (χ1v) is 11.3. The van der Waals surface area contributed by atoms with Crippen molar-refractivity contribution in [3.63, 3.8) is 0 Å². The second kappa shape index (κ2) is 8.11. The van der Waals surface area contributed by atoms with Gasteiger partial charge in [0.1, 0.15) is 22.1 Å². The third kappa shape index (κ3) is 4.74. The summed E-state index contributed by atoms with van der Waals surface area (Å²) in [7, 11) is -6.67. The summed E-state index contributed by atoms with van der Waals surface area (Å²) in [6.45, 7) is 0. The normalized spacial score (nSPS) is 12.4. The van der Waals surface area contributed by atoms with Gasteiger partial charge in [0.05, 0.1) is 30.5 Å². The number of nitrogens with zero attached hydrogens (tertiary/aromatic N) is 2. The third-order valence-electron chi connectivity index (χ3n) is 4.25. The zero-order valence-corrected chi connectivity index (χ0v) is 17.8. The minimum atomic E-state index is -4.82. The molecule has 0 aliphatic heterocycles. The highest BCUT2D eigenvalue weighted by atomic mass is 32.2. The number of hydrogen-bond donors (Lipinski definition) is 3. The summed E-state index contributed by atoms with van der Waals surface area (Å²) in [4.78, 5) is -1.39. The van der Waals surface area contributed by atoms with Crippen molar-refractivity contribution in [2.45, 2.75) is 9.79 Å². The van der Waals surface area contributed by atoms with E-state index >= 15 is 0 Å². The lowest BCUT2D eigenvalue weighted by atomic mass is 10.1. The summed E-state index contributed by atoms with van der Waals surface area (Å²) in [5.74, 6) is 0.666. The van der Waals surface area contributed by atoms with Crippen molar-refractivity contribution in [3.05, 3.63) is 42.5 Å². The van der Waals surface area contributed by atoms with Crippen molar-refractivity contribution < 1.29 is 35.4 Å². The van der Waals surface area contributed by atoms with E-state index in [0.29, 0.717) is 23.3 Å². The maximum absolute atomic E-state index is 11.8. The van der Waals surface area contributed by atoms with Crippen LogP contribution in [0.1, 0.15) is 0 Å². The van der Waals surface area contributed by atoms with Crippen LogP contribution in [0.5, 0.6) is 11.5 Å². The second-order valence-electron chi connectivity index (χ2n) is 6.24. The average molecular weight is 467 g/mol. The van der Waals surface area contributed by atoms with Crippen LogP contribution >= 0.6 is 0 Å². The van der Waals surface area contributed by atoms with Crippen LogP contribution in [0.3, 0.4) is 0 Å². The molecule has 0 unspecified atom stereocenters. The molecule has 0 atom stereocenters. The van der Waals surface area contributed by atoms with Crippen LogP contribution in [0.2, 0.25) is 0 Å². The molecular weight excluding hydrogens is 450 g/mol. The first-order chi connectivity index (χ1) is 14.4. The Morgan fingerprint density at radius 1 is 0.839 bits per heavy atom. The minimum absolute atomic E-state index is 0.0202. The van der Waals surface area contributed by atoms with Gasteiger partial charge in [-0.05, 0) is 29.7 Å². The summed E-state index contributed by atoms with van der Waals surface area (Å²) in [6.07, 6.45) is 0. The molecule has 0 bridgehead atoms. The number of ether oxygens (including phenoxy) is 2. The van der Waals surface area contributed by atoms with Gasteiger partial charge in [-0.2, -0.15) is 21.9 Å². The van der Waals surface area contributed by atoms with Crippen LogP contribution in [0.4, 0.5) is 17.1 Å². The number of nitrogens with two attached hydrogens (primary N) is 1. The van der Waals surface area contributed by atoms with Crippen molar-refractivity contribution in [1.82, 2.24) is 0 Å². The molecule has 0 radical (unpaired) electrons. The monoisotopic (exact) mass is 467 g/mol. The molecule has 0 heterocycles. The van der Waals surface area contributed by atoms with Gasteiger partial charge in [0, 0.05) is 17.5 Å². The van der Waals surface area contributed by atoms with Gasteiger partial charge in [0.2, 0.25) is 0 Å². The van der Waals surface area contributed by atoms with E-state index in [4.69, 9.17) is 15.2 Å². The Hall–Kier alpha value is -3.26. The van der Waals surface area contributed by atoms with Crippen LogP contribution < -0.4 is 15.2 Å². The Balaban J connectivity index is 2.16. The Labute approximate surface area is 177 Å². The molecule has 0 amide bonds. The van der Waals surface area contributed by atoms with E-state index in [1.807, 2.05) is 0 Å². The van der Waals surface area contributed by atoms with Crippen LogP contribution in [-0.2, 0) is 20.2 Å². The predicted molar refractivity (Wildman–Crippen MR) is 112 cm³/mol. The van der Waals surface area contributed by atoms with E-state index in [9.17, 15) is 25.9 Å². The zero-order valence-electron chi connectivity index (χ0n) is 16.2. The Morgan fingerprint density at radius 3 is 2.10 bits per heavy atom. The number of fused-ring (bicyclic) bond motifs is 1. The van der Waals surface area contributed by atoms with E-state index in [0.717, 1.165) is 6.07 Å². The molecule has 0 saturated heterocycles. The Morgan fingerprint density at radius 2 is 1.52 bits per heavy atom. The summed E-state index contributed by atoms with van der Waals surface area (Å²) in [6, 6.07) is 8.82. The molecule has 0 fully saturated rings. The van der Waals surface area contributed by atoms with Crippen LogP contribution in [0, 0.1) is 0 Å². The van der Waals surface area contributed by atoms with Crippen molar-refractivity contribution >= 4 is 48.1 Å². The highest BCUT2D eigenvalue weighted by Crippen LogP contribution is 2.38. The lowest BCUT2D eigenvalue weighted by molar-refractivity contribution is 0.406. The zero-order chi connectivity index (χ0) is 23.0. The molecule has 3 aromatic carbocycles. The molecule has 4 N–H and O–H groups in total. The maximum atomic E-state index is 11.8. The lowest BCUT2D eigenvalue weighted by Crippen LogP contribution is -2.04. The molecule has 164 valence electrons. The number of nitrogen functional groups attached to an aromatic ring is 1. The number of hydrogen-bond acceptors (Lipinski definition) is 9. The topological polar surface area (TPSA) is 178 Å². The maximum Gasteiger partial charge on any atom is 0.295 e. The summed E-state index contributed by atoms with van der Waals surface area (Å²) in [5.41, 5.74) is 6.63. The molecular formula is C18H17N3O8S2. The van der Waals surface area contributed by atoms with Crippen molar-refractivity contribution in [1.29, 1.82) is 0 Å². The van der Waals surface area contributed by atoms with E-state index in [1.54, 1.807) is 0 Å². The molecule has 0 spiro atoms. The van der Waals surface area contributed by atoms with E-state index in [-0.39, 0.29) is 22.1 Å². The second-order valence-corrected chi connectivity index (χ2v) is 9.05. The number of azo groups is 1. The number of rotatable bonds is 6. The Bertz CT molecular complexity index is 1420. The quantitative estimate of drug-likeness (QED) is 0.278. The van der Waals surface area contributed by atoms with Gasteiger partial charge >= 0.3 is 0 Å². The number of anilines is 1. The average Bonchev–Trinajstić information content (AvgIpc) is 2.70. The predicted octanol–water partition coefficient (Wildman–Crippen LogP) is 3.35. The molecule has 0 aliphatic carbocycles. The molecule has 0 aromatic heterocycles. The fraction of sp³-hybridized carbons (Fsp3) is 0.111. The first-order valence-electron chi connectivity index (χ1n) is 8.40. The molecule has 3 rings (SSSR count). The van der Waals surface area contributed by atoms with Gasteiger partial charge in [0.15, 0.2) is 0 Å². The standard InChI is InChI=1S/C18H17N3O8S2/c1-28-16-9-15(17(29-2)8-14(16)19)21-20-11-4-3-10-5-12(30(22,23)24)7-18(13(10)6-11)31(25,26)27/h3-9H,19H2,1-2H3,(H,22,23,24)(H,25,26,27). The van der Waals surface area contributed by atoms with Crippen LogP contribution in [-0.4, -0.2) is 40.2 Å². The van der Waals surface area contributed by atoms with Crippen LogP contribution in [0.15, 0.2) is 62.5 Å². The summed E-state index contributed by atoms with van der Waals surface area (Å²) < 4.78 is 75.6. The largest absolute Gasteiger partial charge is 0.495 e.